The summed E-state index contributed by atoms with van der Waals surface area (Å²) in [4.78, 5) is 18.4. The number of anilines is 3. The zero-order valence-electron chi connectivity index (χ0n) is 16.3. The maximum atomic E-state index is 12.3. The third-order valence-corrected chi connectivity index (χ3v) is 6.75. The zero-order chi connectivity index (χ0) is 21.9. The molecule has 0 saturated heterocycles. The molecule has 0 aliphatic carbocycles. The molecule has 0 bridgehead atoms. The number of hydrogen-bond donors (Lipinski definition) is 1. The van der Waals surface area contributed by atoms with Gasteiger partial charge in [-0.1, -0.05) is 40.8 Å². The van der Waals surface area contributed by atoms with E-state index in [-0.39, 0.29) is 11.0 Å². The van der Waals surface area contributed by atoms with E-state index in [0.717, 1.165) is 33.8 Å². The molecule has 0 radical (unpaired) electrons. The molecule has 0 aliphatic heterocycles. The van der Waals surface area contributed by atoms with Crippen LogP contribution in [0.2, 0.25) is 0 Å². The van der Waals surface area contributed by atoms with Gasteiger partial charge in [-0.3, -0.25) is 9.69 Å². The molecule has 6 nitrogen and oxygen atoms in total. The molecular formula is C18H18F3N5OS3. The molecule has 3 aromatic rings. The lowest BCUT2D eigenvalue weighted by atomic mass is 10.1. The molecule has 2 aromatic heterocycles. The molecule has 3 rings (SSSR count). The highest BCUT2D eigenvalue weighted by Gasteiger charge is 2.27. The molecular weight excluding hydrogens is 455 g/mol. The molecule has 0 atom stereocenters. The molecule has 0 aliphatic rings. The van der Waals surface area contributed by atoms with Crippen LogP contribution in [-0.2, 0) is 10.5 Å². The van der Waals surface area contributed by atoms with Crippen molar-refractivity contribution in [3.63, 3.8) is 0 Å². The number of hydrogen-bond acceptors (Lipinski definition) is 8. The fraction of sp³-hybridized carbons (Fsp3) is 0.333. The summed E-state index contributed by atoms with van der Waals surface area (Å²) in [5, 5.41) is 12.3. The Kier molecular flexibility index (Phi) is 6.98. The Balaban J connectivity index is 1.67. The number of aromatic nitrogens is 3. The van der Waals surface area contributed by atoms with Crippen LogP contribution in [0.3, 0.4) is 0 Å². The lowest BCUT2D eigenvalue weighted by Crippen LogP contribution is -2.23. The number of nitrogens with zero attached hydrogens (tertiary/aromatic N) is 4. The van der Waals surface area contributed by atoms with Gasteiger partial charge in [-0.05, 0) is 25.5 Å². The van der Waals surface area contributed by atoms with Crippen molar-refractivity contribution in [2.24, 2.45) is 0 Å². The van der Waals surface area contributed by atoms with E-state index in [0.29, 0.717) is 15.2 Å². The number of amides is 1. The first kappa shape index (κ1) is 22.5. The quantitative estimate of drug-likeness (QED) is 0.453. The van der Waals surface area contributed by atoms with Crippen molar-refractivity contribution in [3.05, 3.63) is 40.4 Å². The van der Waals surface area contributed by atoms with Crippen LogP contribution in [0.15, 0.2) is 27.9 Å². The highest BCUT2D eigenvalue weighted by atomic mass is 32.2. The number of thiazole rings is 1. The van der Waals surface area contributed by atoms with Gasteiger partial charge in [-0.15, -0.1) is 21.5 Å². The highest BCUT2D eigenvalue weighted by Crippen LogP contribution is 2.34. The maximum absolute atomic E-state index is 12.3. The molecule has 0 unspecified atom stereocenters. The standard InChI is InChI=1S/C18H18F3N5OS3/c1-10-4-5-14(11(2)6-10)26(12(3)27)16-23-13(7-28-16)8-29-17-25-24-15(30-17)22-9-18(19,20)21/h4-7H,8-9H2,1-3H3,(H,22,24). The number of benzene rings is 1. The van der Waals surface area contributed by atoms with E-state index in [1.807, 2.05) is 37.4 Å². The average Bonchev–Trinajstić information content (AvgIpc) is 3.29. The fourth-order valence-corrected chi connectivity index (χ4v) is 5.21. The summed E-state index contributed by atoms with van der Waals surface area (Å²) in [5.74, 6) is 0.322. The van der Waals surface area contributed by atoms with E-state index in [4.69, 9.17) is 0 Å². The van der Waals surface area contributed by atoms with Crippen LogP contribution in [0, 0.1) is 13.8 Å². The minimum atomic E-state index is -4.31. The van der Waals surface area contributed by atoms with Gasteiger partial charge in [-0.25, -0.2) is 4.98 Å². The van der Waals surface area contributed by atoms with Crippen molar-refractivity contribution in [2.75, 3.05) is 16.8 Å². The van der Waals surface area contributed by atoms with Crippen molar-refractivity contribution in [3.8, 4) is 0 Å². The van der Waals surface area contributed by atoms with Gasteiger partial charge in [0.25, 0.3) is 0 Å². The lowest BCUT2D eigenvalue weighted by Gasteiger charge is -2.20. The molecule has 1 amide bonds. The molecule has 0 spiro atoms. The number of thioether (sulfide) groups is 1. The van der Waals surface area contributed by atoms with Gasteiger partial charge in [-0.2, -0.15) is 13.2 Å². The Morgan fingerprint density at radius 2 is 2.03 bits per heavy atom. The second-order valence-corrected chi connectivity index (χ2v) is 9.43. The fourth-order valence-electron chi connectivity index (χ4n) is 2.58. The van der Waals surface area contributed by atoms with Gasteiger partial charge in [0.2, 0.25) is 11.0 Å². The van der Waals surface area contributed by atoms with Gasteiger partial charge in [0.05, 0.1) is 11.4 Å². The lowest BCUT2D eigenvalue weighted by molar-refractivity contribution is -0.116. The SMILES string of the molecule is CC(=O)N(c1nc(CSc2nnc(NCC(F)(F)F)s2)cs1)c1ccc(C)cc1C. The predicted molar refractivity (Wildman–Crippen MR) is 115 cm³/mol. The molecule has 12 heteroatoms. The number of alkyl halides is 3. The summed E-state index contributed by atoms with van der Waals surface area (Å²) in [7, 11) is 0. The number of carbonyl (C=O) groups is 1. The van der Waals surface area contributed by atoms with E-state index in [1.54, 1.807) is 4.90 Å². The predicted octanol–water partition coefficient (Wildman–Crippen LogP) is 5.56. The van der Waals surface area contributed by atoms with Crippen LogP contribution in [0.4, 0.5) is 29.1 Å². The van der Waals surface area contributed by atoms with Gasteiger partial charge < -0.3 is 5.32 Å². The molecule has 0 saturated carbocycles. The number of nitrogens with one attached hydrogen (secondary N) is 1. The van der Waals surface area contributed by atoms with Crippen molar-refractivity contribution in [1.29, 1.82) is 0 Å². The second kappa shape index (κ2) is 9.31. The topological polar surface area (TPSA) is 71.0 Å². The number of aryl methyl sites for hydroxylation is 2. The Labute approximate surface area is 183 Å². The summed E-state index contributed by atoms with van der Waals surface area (Å²) in [6.07, 6.45) is -4.31. The Morgan fingerprint density at radius 1 is 1.27 bits per heavy atom. The van der Waals surface area contributed by atoms with Gasteiger partial charge in [0.15, 0.2) is 9.47 Å². The van der Waals surface area contributed by atoms with Gasteiger partial charge in [0.1, 0.15) is 6.54 Å². The van der Waals surface area contributed by atoms with E-state index in [9.17, 15) is 18.0 Å². The smallest absolute Gasteiger partial charge is 0.351 e. The largest absolute Gasteiger partial charge is 0.405 e. The summed E-state index contributed by atoms with van der Waals surface area (Å²) < 4.78 is 37.3. The van der Waals surface area contributed by atoms with Crippen molar-refractivity contribution in [2.45, 2.75) is 37.0 Å². The molecule has 2 heterocycles. The Morgan fingerprint density at radius 3 is 2.70 bits per heavy atom. The summed E-state index contributed by atoms with van der Waals surface area (Å²) in [6.45, 7) is 4.28. The number of halogens is 3. The molecule has 160 valence electrons. The molecule has 1 N–H and O–H groups in total. The molecule has 1 aromatic carbocycles. The summed E-state index contributed by atoms with van der Waals surface area (Å²) in [5.41, 5.74) is 3.61. The van der Waals surface area contributed by atoms with Crippen molar-refractivity contribution < 1.29 is 18.0 Å². The Hall–Kier alpha value is -2.18. The summed E-state index contributed by atoms with van der Waals surface area (Å²) in [6, 6.07) is 5.86. The average molecular weight is 474 g/mol. The second-order valence-electron chi connectivity index (χ2n) is 6.40. The van der Waals surface area contributed by atoms with Crippen LogP contribution in [-0.4, -0.2) is 33.8 Å². The number of rotatable bonds is 7. The molecule has 0 fully saturated rings. The highest BCUT2D eigenvalue weighted by molar-refractivity contribution is 8.00. The third kappa shape index (κ3) is 5.92. The van der Waals surface area contributed by atoms with Crippen LogP contribution < -0.4 is 10.2 Å². The van der Waals surface area contributed by atoms with Gasteiger partial charge in [0, 0.05) is 18.1 Å². The van der Waals surface area contributed by atoms with Crippen molar-refractivity contribution >= 4 is 56.3 Å². The van der Waals surface area contributed by atoms with E-state index >= 15 is 0 Å². The first-order valence-corrected chi connectivity index (χ1v) is 11.4. The van der Waals surface area contributed by atoms with Crippen LogP contribution in [0.1, 0.15) is 23.7 Å². The summed E-state index contributed by atoms with van der Waals surface area (Å²) >= 11 is 3.73. The van der Waals surface area contributed by atoms with Crippen molar-refractivity contribution in [1.82, 2.24) is 15.2 Å². The normalized spacial score (nSPS) is 11.5. The third-order valence-electron chi connectivity index (χ3n) is 3.83. The number of carbonyl (C=O) groups excluding carboxylic acids is 1. The Bertz CT molecular complexity index is 1030. The van der Waals surface area contributed by atoms with Crippen LogP contribution in [0.25, 0.3) is 0 Å². The van der Waals surface area contributed by atoms with Gasteiger partial charge >= 0.3 is 6.18 Å². The van der Waals surface area contributed by atoms with E-state index in [2.05, 4.69) is 20.5 Å². The van der Waals surface area contributed by atoms with Crippen LogP contribution >= 0.6 is 34.4 Å². The zero-order valence-corrected chi connectivity index (χ0v) is 18.7. The molecule has 30 heavy (non-hydrogen) atoms. The van der Waals surface area contributed by atoms with Crippen LogP contribution in [0.5, 0.6) is 0 Å². The first-order valence-electron chi connectivity index (χ1n) is 8.71. The maximum Gasteiger partial charge on any atom is 0.405 e. The van der Waals surface area contributed by atoms with E-state index < -0.39 is 12.7 Å². The minimum absolute atomic E-state index is 0.117. The minimum Gasteiger partial charge on any atom is -0.351 e. The van der Waals surface area contributed by atoms with E-state index in [1.165, 1.54) is 30.0 Å². The monoisotopic (exact) mass is 473 g/mol. The first-order chi connectivity index (χ1) is 14.1.